The maximum absolute atomic E-state index is 12.0. The average Bonchev–Trinajstić information content (AvgIpc) is 2.37. The largest absolute Gasteiger partial charge is 0.320 e. The van der Waals surface area contributed by atoms with Crippen LogP contribution in [0, 0.1) is 11.8 Å². The van der Waals surface area contributed by atoms with E-state index in [0.717, 1.165) is 0 Å². The van der Waals surface area contributed by atoms with Gasteiger partial charge in [0.1, 0.15) is 11.5 Å². The van der Waals surface area contributed by atoms with E-state index in [2.05, 4.69) is 21.5 Å². The summed E-state index contributed by atoms with van der Waals surface area (Å²) >= 11 is 0. The van der Waals surface area contributed by atoms with E-state index >= 15 is 0 Å². The maximum Gasteiger partial charge on any atom is 0.302 e. The van der Waals surface area contributed by atoms with Crippen molar-refractivity contribution in [3.8, 4) is 11.8 Å². The number of anilines is 1. The summed E-state index contributed by atoms with van der Waals surface area (Å²) < 4.78 is 27.8. The van der Waals surface area contributed by atoms with Gasteiger partial charge >= 0.3 is 10.2 Å². The standard InChI is InChI=1S/C12H18N4O2S/c1-3-16(4-2)19(17,18)15-12-9-5-7-11(14-12)8-6-10-13/h5,7,9H,3-4,10,13H2,1-2H3,(H,14,15). The lowest BCUT2D eigenvalue weighted by molar-refractivity contribution is 0.449. The van der Waals surface area contributed by atoms with Crippen LogP contribution < -0.4 is 10.5 Å². The minimum Gasteiger partial charge on any atom is -0.320 e. The molecule has 104 valence electrons. The zero-order valence-electron chi connectivity index (χ0n) is 11.0. The van der Waals surface area contributed by atoms with E-state index < -0.39 is 10.2 Å². The van der Waals surface area contributed by atoms with Gasteiger partial charge in [-0.1, -0.05) is 25.8 Å². The maximum atomic E-state index is 12.0. The molecule has 0 saturated heterocycles. The fraction of sp³-hybridized carbons (Fsp3) is 0.417. The lowest BCUT2D eigenvalue weighted by atomic mass is 10.3. The van der Waals surface area contributed by atoms with Gasteiger partial charge in [0.25, 0.3) is 0 Å². The highest BCUT2D eigenvalue weighted by Gasteiger charge is 2.18. The molecule has 0 aliphatic heterocycles. The van der Waals surface area contributed by atoms with E-state index in [4.69, 9.17) is 5.73 Å². The quantitative estimate of drug-likeness (QED) is 0.765. The van der Waals surface area contributed by atoms with Gasteiger partial charge in [-0.3, -0.25) is 4.72 Å². The zero-order valence-corrected chi connectivity index (χ0v) is 11.9. The number of nitrogens with zero attached hydrogens (tertiary/aromatic N) is 2. The lowest BCUT2D eigenvalue weighted by Gasteiger charge is -2.18. The van der Waals surface area contributed by atoms with E-state index in [1.807, 2.05) is 0 Å². The number of pyridine rings is 1. The molecule has 1 aromatic heterocycles. The van der Waals surface area contributed by atoms with E-state index in [-0.39, 0.29) is 12.4 Å². The van der Waals surface area contributed by atoms with Crippen LogP contribution in [-0.2, 0) is 10.2 Å². The third kappa shape index (κ3) is 4.52. The van der Waals surface area contributed by atoms with Crippen molar-refractivity contribution in [2.45, 2.75) is 13.8 Å². The number of nitrogens with one attached hydrogen (secondary N) is 1. The summed E-state index contributed by atoms with van der Waals surface area (Å²) in [5, 5.41) is 0. The molecule has 19 heavy (non-hydrogen) atoms. The lowest BCUT2D eigenvalue weighted by Crippen LogP contribution is -2.35. The molecule has 0 bridgehead atoms. The number of hydrogen-bond acceptors (Lipinski definition) is 4. The Balaban J connectivity index is 2.94. The number of nitrogens with two attached hydrogens (primary N) is 1. The zero-order chi connectivity index (χ0) is 14.3. The Labute approximate surface area is 114 Å². The van der Waals surface area contributed by atoms with Crippen molar-refractivity contribution in [2.75, 3.05) is 24.4 Å². The second-order valence-electron chi connectivity index (χ2n) is 3.61. The molecular formula is C12H18N4O2S. The van der Waals surface area contributed by atoms with Crippen molar-refractivity contribution in [3.05, 3.63) is 23.9 Å². The third-order valence-corrected chi connectivity index (χ3v) is 4.01. The number of rotatable bonds is 5. The van der Waals surface area contributed by atoms with Gasteiger partial charge in [0, 0.05) is 13.1 Å². The molecule has 1 heterocycles. The summed E-state index contributed by atoms with van der Waals surface area (Å²) in [6.07, 6.45) is 0. The highest BCUT2D eigenvalue weighted by Crippen LogP contribution is 2.09. The Bertz CT molecular complexity index is 571. The molecule has 0 amide bonds. The molecule has 6 nitrogen and oxygen atoms in total. The minimum absolute atomic E-state index is 0.233. The van der Waals surface area contributed by atoms with Crippen LogP contribution in [0.15, 0.2) is 18.2 Å². The van der Waals surface area contributed by atoms with E-state index in [1.54, 1.807) is 32.0 Å². The van der Waals surface area contributed by atoms with Crippen LogP contribution in [0.1, 0.15) is 19.5 Å². The summed E-state index contributed by atoms with van der Waals surface area (Å²) in [4.78, 5) is 4.10. The molecule has 0 saturated carbocycles. The first-order valence-corrected chi connectivity index (χ1v) is 7.41. The molecule has 1 rings (SSSR count). The summed E-state index contributed by atoms with van der Waals surface area (Å²) in [5.74, 6) is 5.67. The molecule has 0 atom stereocenters. The summed E-state index contributed by atoms with van der Waals surface area (Å²) in [6, 6.07) is 4.96. The second-order valence-corrected chi connectivity index (χ2v) is 5.28. The van der Waals surface area contributed by atoms with Crippen LogP contribution in [0.2, 0.25) is 0 Å². The van der Waals surface area contributed by atoms with Crippen molar-refractivity contribution in [3.63, 3.8) is 0 Å². The molecule has 0 aliphatic rings. The first-order chi connectivity index (χ1) is 9.03. The molecule has 0 radical (unpaired) electrons. The smallest absolute Gasteiger partial charge is 0.302 e. The molecule has 0 spiro atoms. The van der Waals surface area contributed by atoms with Crippen LogP contribution >= 0.6 is 0 Å². The van der Waals surface area contributed by atoms with Crippen LogP contribution in [0.25, 0.3) is 0 Å². The monoisotopic (exact) mass is 282 g/mol. The van der Waals surface area contributed by atoms with Crippen LogP contribution in [0.4, 0.5) is 5.82 Å². The fourth-order valence-corrected chi connectivity index (χ4v) is 2.65. The Morgan fingerprint density at radius 3 is 2.63 bits per heavy atom. The second kappa shape index (κ2) is 7.09. The molecule has 0 unspecified atom stereocenters. The van der Waals surface area contributed by atoms with Crippen LogP contribution in [-0.4, -0.2) is 37.3 Å². The average molecular weight is 282 g/mol. The first-order valence-electron chi connectivity index (χ1n) is 5.97. The number of hydrogen-bond donors (Lipinski definition) is 2. The SMILES string of the molecule is CCN(CC)S(=O)(=O)Nc1cccc(C#CCN)n1. The van der Waals surface area contributed by atoms with E-state index in [0.29, 0.717) is 18.8 Å². The fourth-order valence-electron chi connectivity index (χ4n) is 1.46. The van der Waals surface area contributed by atoms with Gasteiger partial charge in [-0.25, -0.2) is 4.98 Å². The molecule has 0 aromatic carbocycles. The highest BCUT2D eigenvalue weighted by atomic mass is 32.2. The van der Waals surface area contributed by atoms with Gasteiger partial charge in [-0.05, 0) is 18.1 Å². The van der Waals surface area contributed by atoms with Gasteiger partial charge in [0.05, 0.1) is 6.54 Å². The molecule has 3 N–H and O–H groups in total. The minimum atomic E-state index is -3.56. The number of aromatic nitrogens is 1. The molecule has 0 fully saturated rings. The molecule has 1 aromatic rings. The van der Waals surface area contributed by atoms with Gasteiger partial charge in [0.15, 0.2) is 0 Å². The molecule has 7 heteroatoms. The van der Waals surface area contributed by atoms with Crippen LogP contribution in [0.5, 0.6) is 0 Å². The van der Waals surface area contributed by atoms with Gasteiger partial charge in [0.2, 0.25) is 0 Å². The van der Waals surface area contributed by atoms with Crippen molar-refractivity contribution in [1.82, 2.24) is 9.29 Å². The van der Waals surface area contributed by atoms with Gasteiger partial charge in [-0.15, -0.1) is 0 Å². The molecular weight excluding hydrogens is 264 g/mol. The van der Waals surface area contributed by atoms with Crippen LogP contribution in [0.3, 0.4) is 0 Å². The Morgan fingerprint density at radius 2 is 2.05 bits per heavy atom. The molecule has 0 aliphatic carbocycles. The summed E-state index contributed by atoms with van der Waals surface area (Å²) in [5.41, 5.74) is 5.75. The van der Waals surface area contributed by atoms with Crippen molar-refractivity contribution < 1.29 is 8.42 Å². The van der Waals surface area contributed by atoms with Crippen molar-refractivity contribution in [1.29, 1.82) is 0 Å². The first kappa shape index (κ1) is 15.4. The highest BCUT2D eigenvalue weighted by molar-refractivity contribution is 7.90. The van der Waals surface area contributed by atoms with Crippen molar-refractivity contribution >= 4 is 16.0 Å². The third-order valence-electron chi connectivity index (χ3n) is 2.35. The van der Waals surface area contributed by atoms with Gasteiger partial charge in [-0.2, -0.15) is 12.7 Å². The summed E-state index contributed by atoms with van der Waals surface area (Å²) in [6.45, 7) is 4.59. The predicted molar refractivity (Wildman–Crippen MR) is 75.6 cm³/mol. The van der Waals surface area contributed by atoms with E-state index in [9.17, 15) is 8.42 Å². The van der Waals surface area contributed by atoms with Crippen molar-refractivity contribution in [2.24, 2.45) is 5.73 Å². The Kier molecular flexibility index (Phi) is 5.76. The Morgan fingerprint density at radius 1 is 1.37 bits per heavy atom. The van der Waals surface area contributed by atoms with E-state index in [1.165, 1.54) is 4.31 Å². The summed E-state index contributed by atoms with van der Waals surface area (Å²) in [7, 11) is -3.56. The Hall–Kier alpha value is -1.62. The topological polar surface area (TPSA) is 88.3 Å². The predicted octanol–water partition coefficient (Wildman–Crippen LogP) is 0.390. The van der Waals surface area contributed by atoms with Gasteiger partial charge < -0.3 is 5.73 Å². The normalized spacial score (nSPS) is 10.9.